The van der Waals surface area contributed by atoms with Crippen molar-refractivity contribution < 1.29 is 22.3 Å². The zero-order valence-corrected chi connectivity index (χ0v) is 19.8. The number of hydrogen-bond donors (Lipinski definition) is 1. The Morgan fingerprint density at radius 1 is 0.970 bits per heavy atom. The van der Waals surface area contributed by atoms with Gasteiger partial charge in [-0.25, -0.2) is 12.8 Å². The summed E-state index contributed by atoms with van der Waals surface area (Å²) in [6.07, 6.45) is 3.57. The third-order valence-electron chi connectivity index (χ3n) is 5.93. The van der Waals surface area contributed by atoms with E-state index in [2.05, 4.69) is 5.32 Å². The van der Waals surface area contributed by atoms with Crippen molar-refractivity contribution in [3.63, 3.8) is 0 Å². The van der Waals surface area contributed by atoms with Crippen LogP contribution in [0.25, 0.3) is 0 Å². The summed E-state index contributed by atoms with van der Waals surface area (Å²) in [6.45, 7) is 3.14. The van der Waals surface area contributed by atoms with Crippen molar-refractivity contribution >= 4 is 38.9 Å². The van der Waals surface area contributed by atoms with Crippen LogP contribution >= 0.6 is 11.6 Å². The van der Waals surface area contributed by atoms with Gasteiger partial charge in [0.2, 0.25) is 10.0 Å². The lowest BCUT2D eigenvalue weighted by atomic mass is 10.2. The maximum atomic E-state index is 14.7. The van der Waals surface area contributed by atoms with Gasteiger partial charge in [0.1, 0.15) is 10.7 Å². The fourth-order valence-corrected chi connectivity index (χ4v) is 6.13. The lowest BCUT2D eigenvalue weighted by Crippen LogP contribution is -2.36. The van der Waals surface area contributed by atoms with Gasteiger partial charge in [0.05, 0.1) is 23.9 Å². The summed E-state index contributed by atoms with van der Waals surface area (Å²) >= 11 is 6.22. The van der Waals surface area contributed by atoms with E-state index in [9.17, 15) is 17.6 Å². The fraction of sp³-hybridized carbons (Fsp3) is 0.435. The van der Waals surface area contributed by atoms with Crippen LogP contribution in [0.2, 0.25) is 5.02 Å². The summed E-state index contributed by atoms with van der Waals surface area (Å²) < 4.78 is 47.7. The van der Waals surface area contributed by atoms with Gasteiger partial charge < -0.3 is 15.0 Å². The molecule has 0 unspecified atom stereocenters. The first-order valence-electron chi connectivity index (χ1n) is 11.1. The van der Waals surface area contributed by atoms with Gasteiger partial charge in [0, 0.05) is 37.4 Å². The molecule has 4 rings (SSSR count). The highest BCUT2D eigenvalue weighted by molar-refractivity contribution is 7.89. The molecule has 0 radical (unpaired) electrons. The van der Waals surface area contributed by atoms with E-state index in [1.54, 1.807) is 12.1 Å². The van der Waals surface area contributed by atoms with Crippen LogP contribution in [-0.4, -0.2) is 58.0 Å². The first-order chi connectivity index (χ1) is 15.9. The van der Waals surface area contributed by atoms with Gasteiger partial charge in [-0.2, -0.15) is 4.31 Å². The average Bonchev–Trinajstić information content (AvgIpc) is 3.10. The molecule has 1 N–H and O–H groups in total. The van der Waals surface area contributed by atoms with Crippen molar-refractivity contribution in [3.8, 4) is 0 Å². The van der Waals surface area contributed by atoms with Crippen LogP contribution < -0.4 is 10.2 Å². The normalized spacial score (nSPS) is 18.1. The Balaban J connectivity index is 1.52. The fourth-order valence-electron chi connectivity index (χ4n) is 4.11. The minimum Gasteiger partial charge on any atom is -0.378 e. The quantitative estimate of drug-likeness (QED) is 0.674. The van der Waals surface area contributed by atoms with Crippen molar-refractivity contribution in [1.29, 1.82) is 0 Å². The number of carbonyl (C=O) groups excluding carboxylic acids is 1. The number of anilines is 2. The predicted octanol–water partition coefficient (Wildman–Crippen LogP) is 4.13. The van der Waals surface area contributed by atoms with Crippen molar-refractivity contribution in [3.05, 3.63) is 52.8 Å². The zero-order chi connectivity index (χ0) is 23.4. The van der Waals surface area contributed by atoms with Crippen LogP contribution in [0.1, 0.15) is 36.0 Å². The second-order valence-electron chi connectivity index (χ2n) is 8.18. The maximum absolute atomic E-state index is 14.7. The molecule has 0 bridgehead atoms. The molecule has 2 aliphatic rings. The Kier molecular flexibility index (Phi) is 7.53. The topological polar surface area (TPSA) is 79.0 Å². The number of amides is 1. The molecule has 33 heavy (non-hydrogen) atoms. The number of nitrogens with zero attached hydrogens (tertiary/aromatic N) is 2. The Hall–Kier alpha value is -2.20. The molecular weight excluding hydrogens is 469 g/mol. The van der Waals surface area contributed by atoms with Gasteiger partial charge in [-0.05, 0) is 49.2 Å². The molecule has 2 saturated heterocycles. The zero-order valence-electron chi connectivity index (χ0n) is 18.2. The van der Waals surface area contributed by atoms with E-state index in [0.717, 1.165) is 25.7 Å². The number of ether oxygens (including phenoxy) is 1. The van der Waals surface area contributed by atoms with Crippen LogP contribution in [0.5, 0.6) is 0 Å². The molecule has 2 aliphatic heterocycles. The van der Waals surface area contributed by atoms with E-state index in [1.165, 1.54) is 28.6 Å². The summed E-state index contributed by atoms with van der Waals surface area (Å²) in [5, 5.41) is 2.71. The minimum absolute atomic E-state index is 0.0664. The summed E-state index contributed by atoms with van der Waals surface area (Å²) in [5.41, 5.74) is 0.862. The molecule has 0 aromatic heterocycles. The Morgan fingerprint density at radius 2 is 1.67 bits per heavy atom. The van der Waals surface area contributed by atoms with Gasteiger partial charge in [-0.3, -0.25) is 4.79 Å². The van der Waals surface area contributed by atoms with E-state index < -0.39 is 21.7 Å². The lowest BCUT2D eigenvalue weighted by Gasteiger charge is -2.29. The van der Waals surface area contributed by atoms with Crippen molar-refractivity contribution in [1.82, 2.24) is 4.31 Å². The van der Waals surface area contributed by atoms with Gasteiger partial charge in [-0.1, -0.05) is 24.4 Å². The third-order valence-corrected chi connectivity index (χ3v) is 8.31. The second kappa shape index (κ2) is 10.4. The van der Waals surface area contributed by atoms with Gasteiger partial charge in [0.15, 0.2) is 0 Å². The van der Waals surface area contributed by atoms with Gasteiger partial charge >= 0.3 is 0 Å². The number of carbonyl (C=O) groups is 1. The molecule has 2 aromatic rings. The highest BCUT2D eigenvalue weighted by Gasteiger charge is 2.28. The molecule has 10 heteroatoms. The smallest absolute Gasteiger partial charge is 0.255 e. The molecule has 1 amide bonds. The molecule has 2 heterocycles. The average molecular weight is 496 g/mol. The van der Waals surface area contributed by atoms with Crippen LogP contribution in [0.3, 0.4) is 0 Å². The molecule has 178 valence electrons. The molecule has 2 fully saturated rings. The van der Waals surface area contributed by atoms with E-state index in [0.29, 0.717) is 45.1 Å². The molecule has 2 aromatic carbocycles. The number of halogens is 2. The molecule has 0 saturated carbocycles. The van der Waals surface area contributed by atoms with Crippen LogP contribution in [-0.2, 0) is 14.8 Å². The summed E-state index contributed by atoms with van der Waals surface area (Å²) in [4.78, 5) is 14.6. The number of nitrogens with one attached hydrogen (secondary N) is 1. The summed E-state index contributed by atoms with van der Waals surface area (Å²) in [5.74, 6) is -0.993. The van der Waals surface area contributed by atoms with Crippen molar-refractivity contribution in [2.75, 3.05) is 49.6 Å². The highest BCUT2D eigenvalue weighted by atomic mass is 35.5. The standard InChI is InChI=1S/C23H27ClFN3O4S/c24-19-7-5-17(15-22(19)33(30,31)28-9-3-1-2-4-10-28)23(29)26-18-6-8-21(20(25)16-18)27-11-13-32-14-12-27/h5-8,15-16H,1-4,9-14H2,(H,26,29). The molecular formula is C23H27ClFN3O4S. The highest BCUT2D eigenvalue weighted by Crippen LogP contribution is 2.29. The number of sulfonamides is 1. The van der Waals surface area contributed by atoms with Crippen LogP contribution in [0, 0.1) is 5.82 Å². The number of hydrogen-bond acceptors (Lipinski definition) is 5. The SMILES string of the molecule is O=C(Nc1ccc(N2CCOCC2)c(F)c1)c1ccc(Cl)c(S(=O)(=O)N2CCCCCC2)c1. The second-order valence-corrected chi connectivity index (χ2v) is 10.5. The Morgan fingerprint density at radius 3 is 2.33 bits per heavy atom. The molecule has 7 nitrogen and oxygen atoms in total. The molecule has 0 atom stereocenters. The number of rotatable bonds is 5. The van der Waals surface area contributed by atoms with Crippen molar-refractivity contribution in [2.45, 2.75) is 30.6 Å². The first kappa shape index (κ1) is 23.9. The monoisotopic (exact) mass is 495 g/mol. The number of morpholine rings is 1. The van der Waals surface area contributed by atoms with Crippen LogP contribution in [0.4, 0.5) is 15.8 Å². The number of benzene rings is 2. The third kappa shape index (κ3) is 5.48. The van der Waals surface area contributed by atoms with Gasteiger partial charge in [0.25, 0.3) is 5.91 Å². The van der Waals surface area contributed by atoms with E-state index >= 15 is 0 Å². The lowest BCUT2D eigenvalue weighted by molar-refractivity contribution is 0.102. The maximum Gasteiger partial charge on any atom is 0.255 e. The van der Waals surface area contributed by atoms with Crippen LogP contribution in [0.15, 0.2) is 41.3 Å². The summed E-state index contributed by atoms with van der Waals surface area (Å²) in [6, 6.07) is 8.65. The molecule has 0 aliphatic carbocycles. The van der Waals surface area contributed by atoms with Gasteiger partial charge in [-0.15, -0.1) is 0 Å². The minimum atomic E-state index is -3.82. The van der Waals surface area contributed by atoms with E-state index in [1.807, 2.05) is 4.90 Å². The predicted molar refractivity (Wildman–Crippen MR) is 126 cm³/mol. The Labute approximate surface area is 198 Å². The van der Waals surface area contributed by atoms with E-state index in [4.69, 9.17) is 16.3 Å². The Bertz CT molecular complexity index is 1110. The molecule has 0 spiro atoms. The van der Waals surface area contributed by atoms with Crippen molar-refractivity contribution in [2.24, 2.45) is 0 Å². The first-order valence-corrected chi connectivity index (χ1v) is 12.9. The van der Waals surface area contributed by atoms with E-state index in [-0.39, 0.29) is 21.2 Å². The summed E-state index contributed by atoms with van der Waals surface area (Å²) in [7, 11) is -3.82. The largest absolute Gasteiger partial charge is 0.378 e.